The van der Waals surface area contributed by atoms with Crippen LogP contribution in [0.15, 0.2) is 42.5 Å². The second-order valence-corrected chi connectivity index (χ2v) is 6.70. The first-order chi connectivity index (χ1) is 13.3. The van der Waals surface area contributed by atoms with Gasteiger partial charge in [-0.25, -0.2) is 0 Å². The quantitative estimate of drug-likeness (QED) is 0.720. The first-order valence-electron chi connectivity index (χ1n) is 9.01. The Kier molecular flexibility index (Phi) is 5.82. The van der Waals surface area contributed by atoms with Gasteiger partial charge in [0.15, 0.2) is 0 Å². The highest BCUT2D eigenvalue weighted by atomic mass is 19.4. The summed E-state index contributed by atoms with van der Waals surface area (Å²) in [4.78, 5) is 14.4. The van der Waals surface area contributed by atoms with Crippen molar-refractivity contribution in [2.75, 3.05) is 14.2 Å². The molecule has 0 N–H and O–H groups in total. The lowest BCUT2D eigenvalue weighted by atomic mass is 9.92. The minimum absolute atomic E-state index is 0.0379. The van der Waals surface area contributed by atoms with Gasteiger partial charge in [0.25, 0.3) is 0 Å². The first-order valence-corrected chi connectivity index (χ1v) is 9.01. The van der Waals surface area contributed by atoms with Gasteiger partial charge in [-0.2, -0.15) is 13.2 Å². The Balaban J connectivity index is 1.93. The summed E-state index contributed by atoms with van der Waals surface area (Å²) in [6.45, 7) is 0.225. The Bertz CT molecular complexity index is 812. The fraction of sp³-hybridized carbons (Fsp3) is 0.381. The third-order valence-corrected chi connectivity index (χ3v) is 5.00. The van der Waals surface area contributed by atoms with E-state index in [1.807, 2.05) is 18.2 Å². The zero-order valence-corrected chi connectivity index (χ0v) is 15.8. The molecule has 1 fully saturated rings. The number of benzene rings is 2. The molecule has 0 bridgehead atoms. The Labute approximate surface area is 161 Å². The van der Waals surface area contributed by atoms with E-state index in [0.29, 0.717) is 23.5 Å². The van der Waals surface area contributed by atoms with Gasteiger partial charge in [-0.1, -0.05) is 18.2 Å². The van der Waals surface area contributed by atoms with E-state index in [4.69, 9.17) is 9.47 Å². The van der Waals surface area contributed by atoms with Crippen LogP contribution in [0.5, 0.6) is 11.5 Å². The molecule has 1 heterocycles. The molecule has 2 aromatic rings. The van der Waals surface area contributed by atoms with Crippen molar-refractivity contribution >= 4 is 5.91 Å². The summed E-state index contributed by atoms with van der Waals surface area (Å²) in [6, 6.07) is 10.1. The average molecular weight is 393 g/mol. The van der Waals surface area contributed by atoms with Crippen molar-refractivity contribution < 1.29 is 27.4 Å². The van der Waals surface area contributed by atoms with Gasteiger partial charge in [-0.15, -0.1) is 0 Å². The zero-order chi connectivity index (χ0) is 20.3. The molecule has 1 saturated heterocycles. The number of amides is 1. The molecule has 1 aliphatic rings. The van der Waals surface area contributed by atoms with Crippen LogP contribution in [0.1, 0.15) is 42.0 Å². The Morgan fingerprint density at radius 1 is 1.04 bits per heavy atom. The number of piperidine rings is 1. The predicted molar refractivity (Wildman–Crippen MR) is 98.1 cm³/mol. The lowest BCUT2D eigenvalue weighted by molar-refractivity contribution is -0.138. The van der Waals surface area contributed by atoms with Crippen LogP contribution >= 0.6 is 0 Å². The van der Waals surface area contributed by atoms with E-state index in [1.165, 1.54) is 12.1 Å². The van der Waals surface area contributed by atoms with Crippen LogP contribution in [0.3, 0.4) is 0 Å². The highest BCUT2D eigenvalue weighted by Crippen LogP contribution is 2.42. The highest BCUT2D eigenvalue weighted by molar-refractivity contribution is 5.78. The zero-order valence-electron chi connectivity index (χ0n) is 15.8. The number of carbonyl (C=O) groups is 1. The van der Waals surface area contributed by atoms with Crippen molar-refractivity contribution in [3.63, 3.8) is 0 Å². The molecule has 0 aromatic heterocycles. The molecular weight excluding hydrogens is 371 g/mol. The van der Waals surface area contributed by atoms with Gasteiger partial charge in [0.05, 0.1) is 31.4 Å². The number of alkyl halides is 3. The van der Waals surface area contributed by atoms with Crippen LogP contribution in [-0.4, -0.2) is 25.0 Å². The van der Waals surface area contributed by atoms with Crippen LogP contribution in [0, 0.1) is 0 Å². The summed E-state index contributed by atoms with van der Waals surface area (Å²) >= 11 is 0. The molecule has 4 nitrogen and oxygen atoms in total. The smallest absolute Gasteiger partial charge is 0.416 e. The van der Waals surface area contributed by atoms with Crippen molar-refractivity contribution in [2.45, 2.75) is 38.0 Å². The minimum atomic E-state index is -4.38. The number of nitrogens with zero attached hydrogens (tertiary/aromatic N) is 1. The molecule has 7 heteroatoms. The van der Waals surface area contributed by atoms with E-state index in [-0.39, 0.29) is 18.5 Å². The fourth-order valence-electron chi connectivity index (χ4n) is 3.62. The Morgan fingerprint density at radius 3 is 2.18 bits per heavy atom. The molecule has 0 radical (unpaired) electrons. The van der Waals surface area contributed by atoms with E-state index >= 15 is 0 Å². The van der Waals surface area contributed by atoms with Gasteiger partial charge < -0.3 is 14.4 Å². The first kappa shape index (κ1) is 20.0. The maximum absolute atomic E-state index is 12.8. The van der Waals surface area contributed by atoms with Gasteiger partial charge in [0.1, 0.15) is 11.5 Å². The Morgan fingerprint density at radius 2 is 1.64 bits per heavy atom. The molecule has 1 amide bonds. The van der Waals surface area contributed by atoms with E-state index in [1.54, 1.807) is 19.1 Å². The van der Waals surface area contributed by atoms with Gasteiger partial charge in [-0.05, 0) is 42.7 Å². The average Bonchev–Trinajstić information content (AvgIpc) is 2.68. The normalized spacial score (nSPS) is 17.5. The van der Waals surface area contributed by atoms with Crippen LogP contribution in [0.4, 0.5) is 13.2 Å². The van der Waals surface area contributed by atoms with Crippen LogP contribution in [0.25, 0.3) is 0 Å². The van der Waals surface area contributed by atoms with Gasteiger partial charge in [0, 0.05) is 13.0 Å². The summed E-state index contributed by atoms with van der Waals surface area (Å²) in [5.41, 5.74) is 0.721. The molecule has 0 aliphatic carbocycles. The molecule has 1 atom stereocenters. The standard InChI is InChI=1S/C21H22F3NO3/c1-27-17-6-4-7-18(28-2)20(17)16-5-3-8-19(26)25(16)13-14-9-11-15(12-10-14)21(22,23)24/h4,6-7,9-12,16H,3,5,8,13H2,1-2H3. The van der Waals surface area contributed by atoms with Crippen molar-refractivity contribution in [3.8, 4) is 11.5 Å². The lowest BCUT2D eigenvalue weighted by Gasteiger charge is -2.37. The fourth-order valence-corrected chi connectivity index (χ4v) is 3.62. The van der Waals surface area contributed by atoms with Crippen molar-refractivity contribution in [3.05, 3.63) is 59.2 Å². The van der Waals surface area contributed by atoms with Crippen LogP contribution in [0.2, 0.25) is 0 Å². The van der Waals surface area contributed by atoms with E-state index in [9.17, 15) is 18.0 Å². The largest absolute Gasteiger partial charge is 0.496 e. The van der Waals surface area contributed by atoms with Gasteiger partial charge in [-0.3, -0.25) is 4.79 Å². The lowest BCUT2D eigenvalue weighted by Crippen LogP contribution is -2.38. The molecule has 2 aromatic carbocycles. The number of carbonyl (C=O) groups excluding carboxylic acids is 1. The minimum Gasteiger partial charge on any atom is -0.496 e. The highest BCUT2D eigenvalue weighted by Gasteiger charge is 2.34. The van der Waals surface area contributed by atoms with Gasteiger partial charge >= 0.3 is 6.18 Å². The van der Waals surface area contributed by atoms with Crippen molar-refractivity contribution in [1.82, 2.24) is 4.90 Å². The van der Waals surface area contributed by atoms with Crippen molar-refractivity contribution in [2.24, 2.45) is 0 Å². The maximum Gasteiger partial charge on any atom is 0.416 e. The van der Waals surface area contributed by atoms with E-state index in [2.05, 4.69) is 0 Å². The number of halogens is 3. The van der Waals surface area contributed by atoms with Crippen molar-refractivity contribution in [1.29, 1.82) is 0 Å². The summed E-state index contributed by atoms with van der Waals surface area (Å²) < 4.78 is 49.4. The number of ether oxygens (including phenoxy) is 2. The summed E-state index contributed by atoms with van der Waals surface area (Å²) in [6.07, 6.45) is -2.52. The number of likely N-dealkylation sites (tertiary alicyclic amines) is 1. The monoisotopic (exact) mass is 393 g/mol. The molecule has 1 aliphatic heterocycles. The second-order valence-electron chi connectivity index (χ2n) is 6.70. The number of hydrogen-bond acceptors (Lipinski definition) is 3. The molecular formula is C21H22F3NO3. The molecule has 0 spiro atoms. The molecule has 1 unspecified atom stereocenters. The van der Waals surface area contributed by atoms with E-state index < -0.39 is 11.7 Å². The number of hydrogen-bond donors (Lipinski definition) is 0. The number of methoxy groups -OCH3 is 2. The second kappa shape index (κ2) is 8.12. The topological polar surface area (TPSA) is 38.8 Å². The third kappa shape index (κ3) is 4.08. The van der Waals surface area contributed by atoms with Gasteiger partial charge in [0.2, 0.25) is 5.91 Å². The molecule has 150 valence electrons. The summed E-state index contributed by atoms with van der Waals surface area (Å²) in [5, 5.41) is 0. The van der Waals surface area contributed by atoms with Crippen LogP contribution < -0.4 is 9.47 Å². The maximum atomic E-state index is 12.8. The SMILES string of the molecule is COc1cccc(OC)c1C1CCCC(=O)N1Cc1ccc(C(F)(F)F)cc1. The predicted octanol–water partition coefficient (Wildman–Crippen LogP) is 4.98. The summed E-state index contributed by atoms with van der Waals surface area (Å²) in [5.74, 6) is 1.21. The molecule has 28 heavy (non-hydrogen) atoms. The van der Waals surface area contributed by atoms with E-state index in [0.717, 1.165) is 30.5 Å². The summed E-state index contributed by atoms with van der Waals surface area (Å²) in [7, 11) is 3.12. The number of rotatable bonds is 5. The van der Waals surface area contributed by atoms with Crippen LogP contribution in [-0.2, 0) is 17.5 Å². The molecule has 3 rings (SSSR count). The third-order valence-electron chi connectivity index (χ3n) is 5.00. The Hall–Kier alpha value is -2.70. The molecule has 0 saturated carbocycles.